The third-order valence-electron chi connectivity index (χ3n) is 9.05. The standard InChI is InChI=1S/3C16H20N4O3S/c3*1-11(2)18-16(21)20-24(22,23)15-10-17-8-7-14(15)19-13-6-4-5-12(3)9-13/h3*4-11H,1-3H3,(H,17,19)(H2,18,20,21). The molecule has 0 bridgehead atoms. The number of nitrogens with one attached hydrogen (secondary N) is 9. The number of urea groups is 3. The van der Waals surface area contributed by atoms with Crippen LogP contribution in [0.3, 0.4) is 0 Å². The number of aromatic nitrogens is 3. The third-order valence-corrected chi connectivity index (χ3v) is 13.1. The summed E-state index contributed by atoms with van der Waals surface area (Å²) in [7, 11) is -12.2. The highest BCUT2D eigenvalue weighted by molar-refractivity contribution is 7.90. The van der Waals surface area contributed by atoms with E-state index in [2.05, 4.69) is 46.9 Å². The van der Waals surface area contributed by atoms with E-state index in [0.29, 0.717) is 17.1 Å². The van der Waals surface area contributed by atoms with Crippen LogP contribution < -0.4 is 46.1 Å². The Hall–Kier alpha value is -7.83. The Morgan fingerprint density at radius 3 is 0.875 bits per heavy atom. The minimum Gasteiger partial charge on any atom is -0.354 e. The summed E-state index contributed by atoms with van der Waals surface area (Å²) >= 11 is 0. The van der Waals surface area contributed by atoms with Crippen LogP contribution in [0.15, 0.2) is 143 Å². The molecule has 3 heterocycles. The SMILES string of the molecule is Cc1cccc(Nc2ccncc2S(=O)(=O)NC(=O)NC(C)C)c1.Cc1cccc(Nc2ccncc2S(=O)(=O)NC(=O)NC(C)C)c1.Cc1cccc(Nc2ccncc2S(=O)(=O)NC(=O)NC(C)C)c1. The van der Waals surface area contributed by atoms with Gasteiger partial charge in [-0.05, 0) is 134 Å². The summed E-state index contributed by atoms with van der Waals surface area (Å²) in [6, 6.07) is 24.2. The minimum atomic E-state index is -4.05. The third kappa shape index (κ3) is 18.5. The number of anilines is 6. The zero-order valence-electron chi connectivity index (χ0n) is 41.1. The molecule has 0 fully saturated rings. The van der Waals surface area contributed by atoms with E-state index in [-0.39, 0.29) is 32.8 Å². The lowest BCUT2D eigenvalue weighted by molar-refractivity contribution is 0.242. The van der Waals surface area contributed by atoms with Crippen LogP contribution in [0, 0.1) is 20.8 Å². The van der Waals surface area contributed by atoms with Gasteiger partial charge in [-0.15, -0.1) is 0 Å². The van der Waals surface area contributed by atoms with Gasteiger partial charge in [-0.25, -0.2) is 53.8 Å². The van der Waals surface area contributed by atoms with Crippen molar-refractivity contribution in [3.63, 3.8) is 0 Å². The van der Waals surface area contributed by atoms with Gasteiger partial charge in [0.25, 0.3) is 30.1 Å². The van der Waals surface area contributed by atoms with Gasteiger partial charge in [-0.3, -0.25) is 15.0 Å². The van der Waals surface area contributed by atoms with Crippen molar-refractivity contribution in [2.24, 2.45) is 0 Å². The van der Waals surface area contributed by atoms with E-state index in [4.69, 9.17) is 0 Å². The van der Waals surface area contributed by atoms with Crippen LogP contribution in [-0.2, 0) is 30.1 Å². The number of sulfonamides is 3. The Bertz CT molecular complexity index is 2840. The van der Waals surface area contributed by atoms with Gasteiger partial charge in [-0.1, -0.05) is 36.4 Å². The van der Waals surface area contributed by atoms with E-state index in [9.17, 15) is 39.6 Å². The number of rotatable bonds is 15. The Morgan fingerprint density at radius 1 is 0.403 bits per heavy atom. The van der Waals surface area contributed by atoms with Gasteiger partial charge >= 0.3 is 18.1 Å². The molecule has 24 heteroatoms. The van der Waals surface area contributed by atoms with E-state index in [1.807, 2.05) is 108 Å². The number of amides is 6. The van der Waals surface area contributed by atoms with Crippen molar-refractivity contribution in [3.05, 3.63) is 145 Å². The lowest BCUT2D eigenvalue weighted by Gasteiger charge is -2.14. The quantitative estimate of drug-likeness (QED) is 0.0479. The fourth-order valence-corrected chi connectivity index (χ4v) is 9.20. The maximum Gasteiger partial charge on any atom is 0.328 e. The number of hydrogen-bond donors (Lipinski definition) is 9. The van der Waals surface area contributed by atoms with E-state index in [1.54, 1.807) is 41.5 Å². The fraction of sp³-hybridized carbons (Fsp3) is 0.250. The molecule has 6 amide bonds. The van der Waals surface area contributed by atoms with Crippen molar-refractivity contribution < 1.29 is 39.6 Å². The number of nitrogens with zero attached hydrogens (tertiary/aromatic N) is 3. The first-order valence-electron chi connectivity index (χ1n) is 22.2. The normalized spacial score (nSPS) is 11.2. The van der Waals surface area contributed by atoms with Crippen LogP contribution >= 0.6 is 0 Å². The fourth-order valence-electron chi connectivity index (χ4n) is 6.13. The molecule has 0 aliphatic carbocycles. The van der Waals surface area contributed by atoms with Gasteiger partial charge in [0.15, 0.2) is 0 Å². The highest BCUT2D eigenvalue weighted by atomic mass is 32.2. The molecule has 21 nitrogen and oxygen atoms in total. The van der Waals surface area contributed by atoms with Crippen molar-refractivity contribution in [2.45, 2.75) is 95.1 Å². The summed E-state index contributed by atoms with van der Waals surface area (Å²) in [5, 5.41) is 16.6. The van der Waals surface area contributed by atoms with Crippen LogP contribution in [0.25, 0.3) is 0 Å². The van der Waals surface area contributed by atoms with Gasteiger partial charge in [0.1, 0.15) is 14.7 Å². The van der Waals surface area contributed by atoms with Gasteiger partial charge < -0.3 is 31.9 Å². The summed E-state index contributed by atoms with van der Waals surface area (Å²) in [6.07, 6.45) is 8.03. The van der Waals surface area contributed by atoms with Crippen LogP contribution in [0.2, 0.25) is 0 Å². The van der Waals surface area contributed by atoms with E-state index >= 15 is 0 Å². The molecular formula is C48H60N12O9S3. The summed E-state index contributed by atoms with van der Waals surface area (Å²) in [6.45, 7) is 16.2. The molecule has 9 N–H and O–H groups in total. The van der Waals surface area contributed by atoms with Gasteiger partial charge in [-0.2, -0.15) is 0 Å². The molecule has 0 saturated carbocycles. The number of pyridine rings is 3. The molecule has 0 atom stereocenters. The molecule has 0 saturated heterocycles. The van der Waals surface area contributed by atoms with Crippen molar-refractivity contribution in [3.8, 4) is 0 Å². The molecule has 0 unspecified atom stereocenters. The first-order valence-corrected chi connectivity index (χ1v) is 26.6. The predicted molar refractivity (Wildman–Crippen MR) is 278 cm³/mol. The summed E-state index contributed by atoms with van der Waals surface area (Å²) in [5.41, 5.74) is 6.33. The zero-order valence-corrected chi connectivity index (χ0v) is 43.5. The Labute approximate surface area is 421 Å². The summed E-state index contributed by atoms with van der Waals surface area (Å²) in [4.78, 5) is 46.4. The number of benzene rings is 3. The topological polar surface area (TPSA) is 301 Å². The van der Waals surface area contributed by atoms with Gasteiger partial charge in [0.2, 0.25) is 0 Å². The highest BCUT2D eigenvalue weighted by Crippen LogP contribution is 2.27. The molecule has 3 aromatic heterocycles. The number of hydrogen-bond acceptors (Lipinski definition) is 15. The second-order valence-corrected chi connectivity index (χ2v) is 21.8. The zero-order chi connectivity index (χ0) is 53.2. The molecular weight excluding hydrogens is 985 g/mol. The monoisotopic (exact) mass is 1040 g/mol. The smallest absolute Gasteiger partial charge is 0.328 e. The Kier molecular flexibility index (Phi) is 20.4. The van der Waals surface area contributed by atoms with E-state index in [1.165, 1.54) is 55.4 Å². The number of carbonyl (C=O) groups is 3. The van der Waals surface area contributed by atoms with Crippen LogP contribution in [-0.4, -0.2) is 76.4 Å². The van der Waals surface area contributed by atoms with E-state index < -0.39 is 48.2 Å². The van der Waals surface area contributed by atoms with Gasteiger partial charge in [0, 0.05) is 72.4 Å². The number of aryl methyl sites for hydroxylation is 3. The molecule has 0 spiro atoms. The first kappa shape index (κ1) is 56.8. The van der Waals surface area contributed by atoms with Gasteiger partial charge in [0.05, 0.1) is 17.1 Å². The van der Waals surface area contributed by atoms with Crippen LogP contribution in [0.5, 0.6) is 0 Å². The Balaban J connectivity index is 0.000000234. The number of carbonyl (C=O) groups excluding carboxylic acids is 3. The van der Waals surface area contributed by atoms with Crippen LogP contribution in [0.4, 0.5) is 48.5 Å². The highest BCUT2D eigenvalue weighted by Gasteiger charge is 2.25. The second kappa shape index (κ2) is 25.9. The minimum absolute atomic E-state index is 0.106. The summed E-state index contributed by atoms with van der Waals surface area (Å²) in [5.74, 6) is 0. The molecule has 0 radical (unpaired) electrons. The molecule has 0 aliphatic heterocycles. The van der Waals surface area contributed by atoms with Crippen molar-refractivity contribution in [2.75, 3.05) is 16.0 Å². The predicted octanol–water partition coefficient (Wildman–Crippen LogP) is 7.59. The van der Waals surface area contributed by atoms with Crippen LogP contribution in [0.1, 0.15) is 58.2 Å². The lowest BCUT2D eigenvalue weighted by atomic mass is 10.2. The maximum absolute atomic E-state index is 12.5. The lowest BCUT2D eigenvalue weighted by Crippen LogP contribution is -2.42. The summed E-state index contributed by atoms with van der Waals surface area (Å²) < 4.78 is 80.7. The van der Waals surface area contributed by atoms with E-state index in [0.717, 1.165) is 33.8 Å². The molecule has 3 aromatic carbocycles. The molecule has 0 aliphatic rings. The Morgan fingerprint density at radius 2 is 0.653 bits per heavy atom. The average Bonchev–Trinajstić information content (AvgIpc) is 3.26. The van der Waals surface area contributed by atoms with Crippen molar-refractivity contribution >= 4 is 82.3 Å². The van der Waals surface area contributed by atoms with Crippen molar-refractivity contribution in [1.29, 1.82) is 0 Å². The average molecular weight is 1050 g/mol. The molecule has 384 valence electrons. The molecule has 6 rings (SSSR count). The first-order chi connectivity index (χ1) is 33.8. The van der Waals surface area contributed by atoms with Crippen molar-refractivity contribution in [1.82, 2.24) is 45.1 Å². The molecule has 72 heavy (non-hydrogen) atoms. The maximum atomic E-state index is 12.5. The largest absolute Gasteiger partial charge is 0.354 e. The second-order valence-electron chi connectivity index (χ2n) is 16.8. The molecule has 6 aromatic rings.